The molecule has 1 saturated carbocycles. The molecule has 6 nitrogen and oxygen atoms in total. The Kier molecular flexibility index (Phi) is 2.95. The number of esters is 1. The van der Waals surface area contributed by atoms with Crippen LogP contribution in [-0.4, -0.2) is 47.6 Å². The molecule has 24 heavy (non-hydrogen) atoms. The number of fused-ring (bicyclic) bond motifs is 2. The molecular formula is C18H21NO5. The van der Waals surface area contributed by atoms with Gasteiger partial charge in [-0.3, -0.25) is 9.69 Å². The number of nitrogens with zero attached hydrogens (tertiary/aromatic N) is 1. The summed E-state index contributed by atoms with van der Waals surface area (Å²) in [5, 5.41) is 11.2. The molecule has 2 bridgehead atoms. The monoisotopic (exact) mass is 331 g/mol. The van der Waals surface area contributed by atoms with Gasteiger partial charge in [0.2, 0.25) is 6.79 Å². The number of aliphatic hydroxyl groups is 1. The van der Waals surface area contributed by atoms with Gasteiger partial charge in [-0.2, -0.15) is 0 Å². The van der Waals surface area contributed by atoms with Gasteiger partial charge in [0.15, 0.2) is 11.5 Å². The smallest absolute Gasteiger partial charge is 0.302 e. The minimum Gasteiger partial charge on any atom is -0.460 e. The first-order chi connectivity index (χ1) is 11.6. The fourth-order valence-corrected chi connectivity index (χ4v) is 5.34. The van der Waals surface area contributed by atoms with E-state index in [-0.39, 0.29) is 18.2 Å². The number of aliphatic hydroxyl groups excluding tert-OH is 1. The third-order valence-electron chi connectivity index (χ3n) is 6.24. The molecule has 2 fully saturated rings. The summed E-state index contributed by atoms with van der Waals surface area (Å²) in [4.78, 5) is 13.9. The van der Waals surface area contributed by atoms with Gasteiger partial charge in [0.25, 0.3) is 0 Å². The van der Waals surface area contributed by atoms with Gasteiger partial charge in [-0.05, 0) is 49.1 Å². The second-order valence-electron chi connectivity index (χ2n) is 7.31. The minimum absolute atomic E-state index is 0.247. The van der Waals surface area contributed by atoms with Crippen LogP contribution >= 0.6 is 0 Å². The lowest BCUT2D eigenvalue weighted by molar-refractivity contribution is -0.162. The van der Waals surface area contributed by atoms with E-state index in [0.717, 1.165) is 43.0 Å². The van der Waals surface area contributed by atoms with Crippen LogP contribution < -0.4 is 9.47 Å². The van der Waals surface area contributed by atoms with Crippen molar-refractivity contribution in [1.29, 1.82) is 0 Å². The Hall–Kier alpha value is -1.79. The first-order valence-corrected chi connectivity index (χ1v) is 8.62. The molecule has 5 rings (SSSR count). The predicted molar refractivity (Wildman–Crippen MR) is 83.9 cm³/mol. The highest BCUT2D eigenvalue weighted by Crippen LogP contribution is 2.55. The molecule has 1 unspecified atom stereocenters. The molecule has 1 aromatic carbocycles. The topological polar surface area (TPSA) is 68.2 Å². The van der Waals surface area contributed by atoms with Crippen molar-refractivity contribution in [2.45, 2.75) is 56.4 Å². The number of hydrogen-bond donors (Lipinski definition) is 1. The number of benzene rings is 1. The lowest BCUT2D eigenvalue weighted by Gasteiger charge is -2.51. The summed E-state index contributed by atoms with van der Waals surface area (Å²) in [6.07, 6.45) is 1.40. The molecule has 0 aromatic heterocycles. The zero-order valence-electron chi connectivity index (χ0n) is 13.7. The Morgan fingerprint density at radius 2 is 2.12 bits per heavy atom. The summed E-state index contributed by atoms with van der Waals surface area (Å²) in [6.45, 7) is 3.49. The van der Waals surface area contributed by atoms with Crippen molar-refractivity contribution in [3.63, 3.8) is 0 Å². The molecule has 128 valence electrons. The van der Waals surface area contributed by atoms with Crippen LogP contribution in [0.1, 0.15) is 37.3 Å². The van der Waals surface area contributed by atoms with Crippen molar-refractivity contribution in [3.05, 3.63) is 23.3 Å². The highest BCUT2D eigenvalue weighted by atomic mass is 16.7. The standard InChI is InChI=1S/C18H21NO5/c1-10(20)24-13-2-3-16-18(17(13)21)4-5-19(16)8-11-6-14-15(7-12(11)18)23-9-22-14/h6-7,13,16-17,21H,2-5,8-9H2,1H3/t13-,16-,17-,18-/m0/s1. The first kappa shape index (κ1) is 14.5. The maximum atomic E-state index is 11.4. The Labute approximate surface area is 140 Å². The molecule has 0 amide bonds. The highest BCUT2D eigenvalue weighted by Gasteiger charge is 2.61. The van der Waals surface area contributed by atoms with Crippen LogP contribution in [-0.2, 0) is 21.5 Å². The van der Waals surface area contributed by atoms with E-state index < -0.39 is 12.2 Å². The lowest BCUT2D eigenvalue weighted by atomic mass is 9.61. The maximum absolute atomic E-state index is 11.4. The number of hydrogen-bond acceptors (Lipinski definition) is 6. The van der Waals surface area contributed by atoms with Crippen molar-refractivity contribution in [1.82, 2.24) is 4.90 Å². The fourth-order valence-electron chi connectivity index (χ4n) is 5.34. The van der Waals surface area contributed by atoms with Crippen molar-refractivity contribution in [2.75, 3.05) is 13.3 Å². The molecule has 1 aliphatic carbocycles. The molecule has 3 aliphatic heterocycles. The van der Waals surface area contributed by atoms with Crippen LogP contribution in [0.3, 0.4) is 0 Å². The van der Waals surface area contributed by atoms with Crippen LogP contribution in [0.5, 0.6) is 11.5 Å². The van der Waals surface area contributed by atoms with E-state index in [1.807, 2.05) is 6.07 Å². The van der Waals surface area contributed by atoms with E-state index in [4.69, 9.17) is 14.2 Å². The van der Waals surface area contributed by atoms with E-state index in [0.29, 0.717) is 12.5 Å². The SMILES string of the molecule is CC(=O)O[C@H]1CC[C@@H]2N3CC[C@@]2(c2cc4c(cc2C3)OCO4)[C@H]1O. The van der Waals surface area contributed by atoms with E-state index in [1.54, 1.807) is 0 Å². The Morgan fingerprint density at radius 1 is 1.33 bits per heavy atom. The zero-order chi connectivity index (χ0) is 16.5. The molecule has 1 aromatic rings. The van der Waals surface area contributed by atoms with Crippen molar-refractivity contribution in [3.8, 4) is 11.5 Å². The third kappa shape index (κ3) is 1.75. The number of ether oxygens (including phenoxy) is 3. The Balaban J connectivity index is 1.63. The van der Waals surface area contributed by atoms with E-state index in [1.165, 1.54) is 12.5 Å². The molecule has 1 saturated heterocycles. The molecule has 5 atom stereocenters. The Bertz CT molecular complexity index is 720. The van der Waals surface area contributed by atoms with Crippen molar-refractivity contribution >= 4 is 5.97 Å². The maximum Gasteiger partial charge on any atom is 0.302 e. The van der Waals surface area contributed by atoms with E-state index in [2.05, 4.69) is 11.0 Å². The molecule has 0 spiro atoms. The normalized spacial score (nSPS) is 38.4. The highest BCUT2D eigenvalue weighted by molar-refractivity contribution is 5.66. The van der Waals surface area contributed by atoms with Gasteiger partial charge in [-0.1, -0.05) is 0 Å². The van der Waals surface area contributed by atoms with Crippen LogP contribution in [0.25, 0.3) is 0 Å². The summed E-state index contributed by atoms with van der Waals surface area (Å²) >= 11 is 0. The molecule has 1 N–H and O–H groups in total. The lowest BCUT2D eigenvalue weighted by Crippen LogP contribution is -2.60. The molecule has 3 heterocycles. The van der Waals surface area contributed by atoms with Crippen LogP contribution in [0, 0.1) is 0 Å². The first-order valence-electron chi connectivity index (χ1n) is 8.62. The summed E-state index contributed by atoms with van der Waals surface area (Å²) < 4.78 is 16.5. The van der Waals surface area contributed by atoms with Crippen LogP contribution in [0.15, 0.2) is 12.1 Å². The van der Waals surface area contributed by atoms with Gasteiger partial charge in [-0.25, -0.2) is 0 Å². The van der Waals surface area contributed by atoms with Gasteiger partial charge in [0.05, 0.1) is 0 Å². The number of carbonyl (C=O) groups is 1. The zero-order valence-corrected chi connectivity index (χ0v) is 13.7. The average molecular weight is 331 g/mol. The van der Waals surface area contributed by atoms with E-state index >= 15 is 0 Å². The van der Waals surface area contributed by atoms with Gasteiger partial charge in [0, 0.05) is 24.9 Å². The second-order valence-corrected chi connectivity index (χ2v) is 7.31. The second kappa shape index (κ2) is 4.86. The summed E-state index contributed by atoms with van der Waals surface area (Å²) in [5.74, 6) is 1.21. The predicted octanol–water partition coefficient (Wildman–Crippen LogP) is 1.33. The summed E-state index contributed by atoms with van der Waals surface area (Å²) in [6, 6.07) is 4.40. The van der Waals surface area contributed by atoms with Gasteiger partial charge < -0.3 is 19.3 Å². The third-order valence-corrected chi connectivity index (χ3v) is 6.24. The average Bonchev–Trinajstić information content (AvgIpc) is 3.11. The van der Waals surface area contributed by atoms with Gasteiger partial charge in [0.1, 0.15) is 12.2 Å². The molecule has 6 heteroatoms. The Morgan fingerprint density at radius 3 is 2.92 bits per heavy atom. The van der Waals surface area contributed by atoms with Crippen molar-refractivity contribution < 1.29 is 24.1 Å². The largest absolute Gasteiger partial charge is 0.460 e. The summed E-state index contributed by atoms with van der Waals surface area (Å²) in [7, 11) is 0. The van der Waals surface area contributed by atoms with Crippen LogP contribution in [0.4, 0.5) is 0 Å². The van der Waals surface area contributed by atoms with Gasteiger partial charge in [-0.15, -0.1) is 0 Å². The summed E-state index contributed by atoms with van der Waals surface area (Å²) in [5.41, 5.74) is 1.96. The minimum atomic E-state index is -0.690. The number of rotatable bonds is 1. The fraction of sp³-hybridized carbons (Fsp3) is 0.611. The molecule has 4 aliphatic rings. The quantitative estimate of drug-likeness (QED) is 0.783. The van der Waals surface area contributed by atoms with E-state index in [9.17, 15) is 9.90 Å². The number of carbonyl (C=O) groups excluding carboxylic acids is 1. The molecule has 0 radical (unpaired) electrons. The molecular weight excluding hydrogens is 310 g/mol. The van der Waals surface area contributed by atoms with Crippen LogP contribution in [0.2, 0.25) is 0 Å². The van der Waals surface area contributed by atoms with Gasteiger partial charge >= 0.3 is 5.97 Å². The van der Waals surface area contributed by atoms with Crippen molar-refractivity contribution in [2.24, 2.45) is 0 Å².